The zero-order valence-corrected chi connectivity index (χ0v) is 11.9. The second-order valence-corrected chi connectivity index (χ2v) is 5.78. The average molecular weight is 280 g/mol. The molecule has 0 aliphatic rings. The molecule has 1 unspecified atom stereocenters. The van der Waals surface area contributed by atoms with E-state index >= 15 is 0 Å². The molecular formula is C17H16N2S. The smallest absolute Gasteiger partial charge is 0.0702 e. The van der Waals surface area contributed by atoms with Crippen molar-refractivity contribution in [1.82, 2.24) is 4.98 Å². The molecule has 3 heteroatoms. The minimum Gasteiger partial charge on any atom is -0.323 e. The monoisotopic (exact) mass is 280 g/mol. The highest BCUT2D eigenvalue weighted by Gasteiger charge is 2.07. The summed E-state index contributed by atoms with van der Waals surface area (Å²) in [5, 5.41) is 1.14. The second kappa shape index (κ2) is 6.07. The van der Waals surface area contributed by atoms with E-state index in [1.54, 1.807) is 11.8 Å². The lowest BCUT2D eigenvalue weighted by atomic mass is 10.1. The Bertz CT molecular complexity index is 697. The summed E-state index contributed by atoms with van der Waals surface area (Å²) in [5.74, 6) is 0.871. The Kier molecular flexibility index (Phi) is 4.00. The van der Waals surface area contributed by atoms with E-state index in [2.05, 4.69) is 47.4 Å². The van der Waals surface area contributed by atoms with Crippen molar-refractivity contribution < 1.29 is 0 Å². The van der Waals surface area contributed by atoms with E-state index in [4.69, 9.17) is 5.73 Å². The third-order valence-corrected chi connectivity index (χ3v) is 4.36. The van der Waals surface area contributed by atoms with Gasteiger partial charge in [-0.25, -0.2) is 0 Å². The summed E-state index contributed by atoms with van der Waals surface area (Å²) in [5.41, 5.74) is 8.47. The van der Waals surface area contributed by atoms with Crippen LogP contribution in [-0.4, -0.2) is 10.7 Å². The lowest BCUT2D eigenvalue weighted by Crippen LogP contribution is -2.12. The predicted molar refractivity (Wildman–Crippen MR) is 85.8 cm³/mol. The van der Waals surface area contributed by atoms with E-state index in [9.17, 15) is 0 Å². The fourth-order valence-corrected chi connectivity index (χ4v) is 3.04. The molecule has 0 saturated heterocycles. The molecule has 0 bridgehead atoms. The predicted octanol–water partition coefficient (Wildman–Crippen LogP) is 4.03. The van der Waals surface area contributed by atoms with Crippen LogP contribution in [0.4, 0.5) is 0 Å². The largest absolute Gasteiger partial charge is 0.323 e. The molecule has 1 atom stereocenters. The summed E-state index contributed by atoms with van der Waals surface area (Å²) in [7, 11) is 0. The third kappa shape index (κ3) is 3.00. The molecule has 0 spiro atoms. The first kappa shape index (κ1) is 13.2. The molecule has 0 aliphatic carbocycles. The van der Waals surface area contributed by atoms with E-state index in [1.165, 1.54) is 4.90 Å². The van der Waals surface area contributed by atoms with Crippen molar-refractivity contribution in [2.45, 2.75) is 10.9 Å². The highest BCUT2D eigenvalue weighted by molar-refractivity contribution is 7.99. The van der Waals surface area contributed by atoms with Gasteiger partial charge in [-0.05, 0) is 35.9 Å². The van der Waals surface area contributed by atoms with E-state index in [0.717, 1.165) is 22.2 Å². The fourth-order valence-electron chi connectivity index (χ4n) is 2.12. The first-order chi connectivity index (χ1) is 9.83. The zero-order chi connectivity index (χ0) is 13.8. The number of nitrogens with two attached hydrogens (primary N) is 1. The number of aromatic nitrogens is 1. The zero-order valence-electron chi connectivity index (χ0n) is 11.1. The SMILES string of the molecule is NC(CSc1ccccc1)c1ccc2ncccc2c1. The van der Waals surface area contributed by atoms with Crippen LogP contribution in [0.1, 0.15) is 11.6 Å². The van der Waals surface area contributed by atoms with E-state index in [0.29, 0.717) is 0 Å². The molecule has 2 nitrogen and oxygen atoms in total. The maximum absolute atomic E-state index is 6.29. The first-order valence-electron chi connectivity index (χ1n) is 6.61. The van der Waals surface area contributed by atoms with Crippen LogP contribution in [0.5, 0.6) is 0 Å². The van der Waals surface area contributed by atoms with Gasteiger partial charge >= 0.3 is 0 Å². The highest BCUT2D eigenvalue weighted by Crippen LogP contribution is 2.24. The minimum absolute atomic E-state index is 0.0322. The summed E-state index contributed by atoms with van der Waals surface area (Å²) < 4.78 is 0. The second-order valence-electron chi connectivity index (χ2n) is 4.69. The van der Waals surface area contributed by atoms with Crippen LogP contribution in [0.15, 0.2) is 71.8 Å². The van der Waals surface area contributed by atoms with Crippen LogP contribution in [0, 0.1) is 0 Å². The third-order valence-electron chi connectivity index (χ3n) is 3.23. The molecule has 3 rings (SSSR count). The topological polar surface area (TPSA) is 38.9 Å². The number of rotatable bonds is 4. The molecule has 0 aliphatic heterocycles. The van der Waals surface area contributed by atoms with Crippen molar-refractivity contribution in [1.29, 1.82) is 0 Å². The van der Waals surface area contributed by atoms with Crippen molar-refractivity contribution in [3.05, 3.63) is 72.4 Å². The number of thioether (sulfide) groups is 1. The summed E-state index contributed by atoms with van der Waals surface area (Å²) in [4.78, 5) is 5.58. The van der Waals surface area contributed by atoms with Crippen LogP contribution in [-0.2, 0) is 0 Å². The number of pyridine rings is 1. The van der Waals surface area contributed by atoms with Crippen molar-refractivity contribution in [2.24, 2.45) is 5.73 Å². The van der Waals surface area contributed by atoms with Gasteiger partial charge in [-0.2, -0.15) is 0 Å². The summed E-state index contributed by atoms with van der Waals surface area (Å²) >= 11 is 1.79. The van der Waals surface area contributed by atoms with Gasteiger partial charge in [0.25, 0.3) is 0 Å². The van der Waals surface area contributed by atoms with Crippen molar-refractivity contribution in [3.8, 4) is 0 Å². The number of nitrogens with zero attached hydrogens (tertiary/aromatic N) is 1. The lowest BCUT2D eigenvalue weighted by Gasteiger charge is -2.12. The van der Waals surface area contributed by atoms with Gasteiger partial charge in [0.2, 0.25) is 0 Å². The van der Waals surface area contributed by atoms with Gasteiger partial charge in [-0.15, -0.1) is 11.8 Å². The summed E-state index contributed by atoms with van der Waals surface area (Å²) in [6.45, 7) is 0. The molecule has 0 fully saturated rings. The summed E-state index contributed by atoms with van der Waals surface area (Å²) in [6.07, 6.45) is 1.81. The van der Waals surface area contributed by atoms with Crippen molar-refractivity contribution in [3.63, 3.8) is 0 Å². The Hall–Kier alpha value is -1.84. The maximum Gasteiger partial charge on any atom is 0.0702 e. The molecular weight excluding hydrogens is 264 g/mol. The van der Waals surface area contributed by atoms with Crippen LogP contribution >= 0.6 is 11.8 Å². The molecule has 1 aromatic heterocycles. The van der Waals surface area contributed by atoms with Gasteiger partial charge in [0.1, 0.15) is 0 Å². The quantitative estimate of drug-likeness (QED) is 0.733. The van der Waals surface area contributed by atoms with Gasteiger partial charge in [-0.3, -0.25) is 4.98 Å². The molecule has 0 amide bonds. The lowest BCUT2D eigenvalue weighted by molar-refractivity contribution is 0.833. The van der Waals surface area contributed by atoms with E-state index in [-0.39, 0.29) is 6.04 Å². The van der Waals surface area contributed by atoms with Crippen LogP contribution in [0.3, 0.4) is 0 Å². The number of hydrogen-bond acceptors (Lipinski definition) is 3. The molecule has 100 valence electrons. The average Bonchev–Trinajstić information content (AvgIpc) is 2.53. The van der Waals surface area contributed by atoms with Gasteiger partial charge in [0.15, 0.2) is 0 Å². The maximum atomic E-state index is 6.29. The Morgan fingerprint density at radius 2 is 1.85 bits per heavy atom. The van der Waals surface area contributed by atoms with Gasteiger partial charge in [-0.1, -0.05) is 30.3 Å². The Morgan fingerprint density at radius 1 is 1.00 bits per heavy atom. The highest BCUT2D eigenvalue weighted by atomic mass is 32.2. The van der Waals surface area contributed by atoms with Crippen molar-refractivity contribution >= 4 is 22.7 Å². The normalized spacial score (nSPS) is 12.4. The molecule has 20 heavy (non-hydrogen) atoms. The number of fused-ring (bicyclic) bond motifs is 1. The Labute approximate surface area is 123 Å². The standard InChI is InChI=1S/C17H16N2S/c18-16(12-20-15-6-2-1-3-7-15)13-8-9-17-14(11-13)5-4-10-19-17/h1-11,16H,12,18H2. The molecule has 2 N–H and O–H groups in total. The first-order valence-corrected chi connectivity index (χ1v) is 7.59. The fraction of sp³-hybridized carbons (Fsp3) is 0.118. The van der Waals surface area contributed by atoms with Gasteiger partial charge in [0.05, 0.1) is 5.52 Å². The number of benzene rings is 2. The van der Waals surface area contributed by atoms with Crippen LogP contribution in [0.2, 0.25) is 0 Å². The molecule has 3 aromatic rings. The molecule has 2 aromatic carbocycles. The molecule has 1 heterocycles. The van der Waals surface area contributed by atoms with E-state index < -0.39 is 0 Å². The Morgan fingerprint density at radius 3 is 2.70 bits per heavy atom. The number of hydrogen-bond donors (Lipinski definition) is 1. The summed E-state index contributed by atoms with van der Waals surface area (Å²) in [6, 6.07) is 20.7. The van der Waals surface area contributed by atoms with Crippen LogP contribution < -0.4 is 5.73 Å². The van der Waals surface area contributed by atoms with Crippen molar-refractivity contribution in [2.75, 3.05) is 5.75 Å². The Balaban J connectivity index is 1.73. The van der Waals surface area contributed by atoms with Crippen LogP contribution in [0.25, 0.3) is 10.9 Å². The molecule has 0 saturated carbocycles. The van der Waals surface area contributed by atoms with Gasteiger partial charge < -0.3 is 5.73 Å². The van der Waals surface area contributed by atoms with Gasteiger partial charge in [0, 0.05) is 28.3 Å². The molecule has 0 radical (unpaired) electrons. The minimum atomic E-state index is 0.0322. The van der Waals surface area contributed by atoms with E-state index in [1.807, 2.05) is 24.4 Å².